The summed E-state index contributed by atoms with van der Waals surface area (Å²) in [4.78, 5) is 0. The van der Waals surface area contributed by atoms with Gasteiger partial charge in [0.2, 0.25) is 0 Å². The molecule has 0 aromatic carbocycles. The lowest BCUT2D eigenvalue weighted by molar-refractivity contribution is -0.225. The summed E-state index contributed by atoms with van der Waals surface area (Å²) in [6, 6.07) is 0. The molecule has 0 bridgehead atoms. The average molecular weight is 222 g/mol. The first kappa shape index (κ1) is 12.9. The molecular weight excluding hydrogens is 201 g/mol. The normalized spacial score (nSPS) is 21.2. The van der Waals surface area contributed by atoms with Crippen molar-refractivity contribution in [3.8, 4) is 0 Å². The van der Waals surface area contributed by atoms with Crippen molar-refractivity contribution in [3.63, 3.8) is 0 Å². The minimum absolute atomic E-state index is 0.342. The Balaban J connectivity index is 2.51. The Kier molecular flexibility index (Phi) is 4.07. The van der Waals surface area contributed by atoms with Gasteiger partial charge in [0.25, 0.3) is 0 Å². The van der Waals surface area contributed by atoms with Crippen molar-refractivity contribution in [2.45, 2.75) is 65.0 Å². The Morgan fingerprint density at radius 1 is 1.13 bits per heavy atom. The molecule has 0 spiro atoms. The van der Waals surface area contributed by atoms with Gasteiger partial charge in [-0.3, -0.25) is 0 Å². The van der Waals surface area contributed by atoms with Gasteiger partial charge in [-0.25, -0.2) is 0 Å². The van der Waals surface area contributed by atoms with E-state index in [1.54, 1.807) is 0 Å². The number of rotatable bonds is 4. The van der Waals surface area contributed by atoms with Crippen LogP contribution >= 0.6 is 0 Å². The van der Waals surface area contributed by atoms with Gasteiger partial charge in [0.15, 0.2) is 0 Å². The van der Waals surface area contributed by atoms with E-state index in [0.29, 0.717) is 25.2 Å². The van der Waals surface area contributed by atoms with Crippen LogP contribution in [0.15, 0.2) is 0 Å². The molecule has 0 aromatic rings. The van der Waals surface area contributed by atoms with Crippen molar-refractivity contribution >= 4 is 0 Å². The topological polar surface area (TPSA) is 0 Å². The van der Waals surface area contributed by atoms with Crippen LogP contribution in [0.2, 0.25) is 0 Å². The van der Waals surface area contributed by atoms with E-state index in [1.165, 1.54) is 0 Å². The van der Waals surface area contributed by atoms with Crippen LogP contribution in [-0.2, 0) is 0 Å². The molecule has 0 amide bonds. The summed E-state index contributed by atoms with van der Waals surface area (Å²) >= 11 is 0. The zero-order chi connectivity index (χ0) is 11.5. The van der Waals surface area contributed by atoms with Crippen LogP contribution in [0.25, 0.3) is 0 Å². The predicted molar refractivity (Wildman–Crippen MR) is 55.6 cm³/mol. The first-order chi connectivity index (χ1) is 6.87. The third-order valence-corrected chi connectivity index (χ3v) is 3.60. The Morgan fingerprint density at radius 3 is 2.07 bits per heavy atom. The van der Waals surface area contributed by atoms with Gasteiger partial charge < -0.3 is 0 Å². The van der Waals surface area contributed by atoms with Gasteiger partial charge in [0.05, 0.1) is 5.41 Å². The van der Waals surface area contributed by atoms with Crippen molar-refractivity contribution in [1.29, 1.82) is 0 Å². The van der Waals surface area contributed by atoms with E-state index < -0.39 is 11.6 Å². The molecule has 1 saturated carbocycles. The molecule has 0 saturated heterocycles. The van der Waals surface area contributed by atoms with E-state index >= 15 is 0 Å². The molecule has 1 rings (SSSR count). The second kappa shape index (κ2) is 4.75. The van der Waals surface area contributed by atoms with Crippen molar-refractivity contribution in [1.82, 2.24) is 0 Å². The standard InChI is InChI=1S/C12H21F3/c1-10(2)6-5-9-11(12(13,14)15)7-3-4-8-11/h10H,3-9H2,1-2H3. The SMILES string of the molecule is CC(C)CCCC1(C(F)(F)F)CCCC1. The van der Waals surface area contributed by atoms with Crippen LogP contribution in [0, 0.1) is 11.3 Å². The van der Waals surface area contributed by atoms with Gasteiger partial charge in [0, 0.05) is 0 Å². The molecule has 0 nitrogen and oxygen atoms in total. The summed E-state index contributed by atoms with van der Waals surface area (Å²) in [7, 11) is 0. The molecule has 0 aromatic heterocycles. The molecular formula is C12H21F3. The molecule has 0 unspecified atom stereocenters. The molecule has 15 heavy (non-hydrogen) atoms. The molecule has 0 atom stereocenters. The fourth-order valence-electron chi connectivity index (χ4n) is 2.58. The first-order valence-corrected chi connectivity index (χ1v) is 5.94. The highest BCUT2D eigenvalue weighted by Crippen LogP contribution is 2.53. The third kappa shape index (κ3) is 3.12. The van der Waals surface area contributed by atoms with E-state index in [2.05, 4.69) is 13.8 Å². The fraction of sp³-hybridized carbons (Fsp3) is 1.00. The number of hydrogen-bond acceptors (Lipinski definition) is 0. The molecule has 0 heterocycles. The molecule has 0 aliphatic heterocycles. The summed E-state index contributed by atoms with van der Waals surface area (Å²) in [5.74, 6) is 0.511. The molecule has 1 aliphatic carbocycles. The van der Waals surface area contributed by atoms with E-state index in [4.69, 9.17) is 0 Å². The van der Waals surface area contributed by atoms with Crippen LogP contribution in [0.5, 0.6) is 0 Å². The number of halogens is 3. The van der Waals surface area contributed by atoms with Crippen LogP contribution < -0.4 is 0 Å². The molecule has 0 radical (unpaired) electrons. The van der Waals surface area contributed by atoms with Crippen LogP contribution in [-0.4, -0.2) is 6.18 Å². The van der Waals surface area contributed by atoms with E-state index in [-0.39, 0.29) is 0 Å². The van der Waals surface area contributed by atoms with Gasteiger partial charge in [0.1, 0.15) is 0 Å². The van der Waals surface area contributed by atoms with Crippen LogP contribution in [0.4, 0.5) is 13.2 Å². The van der Waals surface area contributed by atoms with E-state index in [9.17, 15) is 13.2 Å². The van der Waals surface area contributed by atoms with E-state index in [1.807, 2.05) is 0 Å². The fourth-order valence-corrected chi connectivity index (χ4v) is 2.58. The summed E-state index contributed by atoms with van der Waals surface area (Å²) in [6.45, 7) is 4.13. The highest BCUT2D eigenvalue weighted by atomic mass is 19.4. The van der Waals surface area contributed by atoms with Crippen molar-refractivity contribution in [3.05, 3.63) is 0 Å². The second-order valence-corrected chi connectivity index (χ2v) is 5.27. The molecule has 1 aliphatic rings. The Bertz CT molecular complexity index is 188. The highest BCUT2D eigenvalue weighted by Gasteiger charge is 2.54. The molecule has 90 valence electrons. The van der Waals surface area contributed by atoms with Crippen molar-refractivity contribution in [2.75, 3.05) is 0 Å². The Hall–Kier alpha value is -0.210. The Labute approximate surface area is 90.2 Å². The number of alkyl halides is 3. The van der Waals surface area contributed by atoms with Gasteiger partial charge >= 0.3 is 6.18 Å². The molecule has 3 heteroatoms. The maximum atomic E-state index is 12.9. The van der Waals surface area contributed by atoms with Crippen LogP contribution in [0.3, 0.4) is 0 Å². The summed E-state index contributed by atoms with van der Waals surface area (Å²) < 4.78 is 38.8. The zero-order valence-corrected chi connectivity index (χ0v) is 9.66. The van der Waals surface area contributed by atoms with Gasteiger partial charge in [-0.15, -0.1) is 0 Å². The minimum atomic E-state index is -3.99. The average Bonchev–Trinajstić information content (AvgIpc) is 2.51. The predicted octanol–water partition coefficient (Wildman–Crippen LogP) is 4.94. The minimum Gasteiger partial charge on any atom is -0.171 e. The van der Waals surface area contributed by atoms with Gasteiger partial charge in [-0.05, 0) is 25.2 Å². The zero-order valence-electron chi connectivity index (χ0n) is 9.66. The maximum absolute atomic E-state index is 12.9. The smallest absolute Gasteiger partial charge is 0.171 e. The third-order valence-electron chi connectivity index (χ3n) is 3.60. The van der Waals surface area contributed by atoms with Crippen molar-refractivity contribution < 1.29 is 13.2 Å². The molecule has 1 fully saturated rings. The van der Waals surface area contributed by atoms with E-state index in [0.717, 1.165) is 25.7 Å². The lowest BCUT2D eigenvalue weighted by Crippen LogP contribution is -2.35. The summed E-state index contributed by atoms with van der Waals surface area (Å²) in [6.07, 6.45) is 0.204. The largest absolute Gasteiger partial charge is 0.394 e. The lowest BCUT2D eigenvalue weighted by Gasteiger charge is -2.31. The number of hydrogen-bond donors (Lipinski definition) is 0. The first-order valence-electron chi connectivity index (χ1n) is 5.94. The quantitative estimate of drug-likeness (QED) is 0.632. The van der Waals surface area contributed by atoms with Crippen molar-refractivity contribution in [2.24, 2.45) is 11.3 Å². The Morgan fingerprint density at radius 2 is 1.67 bits per heavy atom. The maximum Gasteiger partial charge on any atom is 0.394 e. The van der Waals surface area contributed by atoms with Crippen LogP contribution in [0.1, 0.15) is 58.8 Å². The monoisotopic (exact) mass is 222 g/mol. The summed E-state index contributed by atoms with van der Waals surface area (Å²) in [5.41, 5.74) is -1.33. The summed E-state index contributed by atoms with van der Waals surface area (Å²) in [5, 5.41) is 0. The highest BCUT2D eigenvalue weighted by molar-refractivity contribution is 4.90. The van der Waals surface area contributed by atoms with Gasteiger partial charge in [-0.1, -0.05) is 39.5 Å². The second-order valence-electron chi connectivity index (χ2n) is 5.27. The lowest BCUT2D eigenvalue weighted by atomic mass is 9.80. The molecule has 0 N–H and O–H groups in total. The van der Waals surface area contributed by atoms with Gasteiger partial charge in [-0.2, -0.15) is 13.2 Å².